The van der Waals surface area contributed by atoms with E-state index in [1.54, 1.807) is 0 Å². The Bertz CT molecular complexity index is 841. The number of ether oxygens (including phenoxy) is 1. The van der Waals surface area contributed by atoms with Crippen LogP contribution in [-0.2, 0) is 9.53 Å². The zero-order valence-corrected chi connectivity index (χ0v) is 15.4. The summed E-state index contributed by atoms with van der Waals surface area (Å²) in [4.78, 5) is 10.7. The minimum absolute atomic E-state index is 0.0820. The maximum absolute atomic E-state index is 10.7. The van der Waals surface area contributed by atoms with Gasteiger partial charge >= 0.3 is 0 Å². The predicted molar refractivity (Wildman–Crippen MR) is 98.7 cm³/mol. The highest BCUT2D eigenvalue weighted by Gasteiger charge is 2.57. The summed E-state index contributed by atoms with van der Waals surface area (Å²) in [5.74, 6) is -0.448. The van der Waals surface area contributed by atoms with Gasteiger partial charge < -0.3 is 10.1 Å². The first-order valence-corrected chi connectivity index (χ1v) is 8.89. The third kappa shape index (κ3) is 3.10. The molecule has 1 fully saturated rings. The molecule has 0 spiro atoms. The van der Waals surface area contributed by atoms with Crippen LogP contribution in [-0.4, -0.2) is 19.1 Å². The van der Waals surface area contributed by atoms with E-state index < -0.39 is 17.4 Å². The molecule has 6 heteroatoms. The first-order valence-electron chi connectivity index (χ1n) is 8.10. The highest BCUT2D eigenvalue weighted by Crippen LogP contribution is 2.52. The van der Waals surface area contributed by atoms with Gasteiger partial charge in [-0.15, -0.1) is 0 Å². The predicted octanol–water partition coefficient (Wildman–Crippen LogP) is 3.45. The molecule has 3 rings (SSSR count). The first-order chi connectivity index (χ1) is 12.7. The zero-order chi connectivity index (χ0) is 18.6. The smallest absolute Gasteiger partial charge is 0.293 e. The molecule has 1 heterocycles. The molecule has 0 radical (unpaired) electrons. The number of carbonyl (C=O) groups is 1. The largest absolute Gasteiger partial charge is 0.466 e. The average molecular weight is 410 g/mol. The summed E-state index contributed by atoms with van der Waals surface area (Å²) >= 11 is 3.41. The maximum Gasteiger partial charge on any atom is 0.293 e. The number of halogens is 1. The van der Waals surface area contributed by atoms with Crippen molar-refractivity contribution in [3.63, 3.8) is 0 Å². The van der Waals surface area contributed by atoms with Crippen LogP contribution in [0.4, 0.5) is 0 Å². The van der Waals surface area contributed by atoms with E-state index in [0.29, 0.717) is 6.47 Å². The molecule has 0 aromatic heterocycles. The Balaban J connectivity index is 2.12. The molecule has 1 aliphatic heterocycles. The number of rotatable bonds is 5. The molecule has 3 unspecified atom stereocenters. The van der Waals surface area contributed by atoms with E-state index >= 15 is 0 Å². The lowest BCUT2D eigenvalue weighted by atomic mass is 9.69. The number of nitriles is 2. The monoisotopic (exact) mass is 409 g/mol. The number of benzene rings is 2. The number of nitrogens with zero attached hydrogens (tertiary/aromatic N) is 2. The summed E-state index contributed by atoms with van der Waals surface area (Å²) in [7, 11) is 0. The Kier molecular flexibility index (Phi) is 5.37. The second kappa shape index (κ2) is 7.70. The van der Waals surface area contributed by atoms with Gasteiger partial charge in [0.15, 0.2) is 5.41 Å². The molecule has 1 saturated heterocycles. The molecule has 5 nitrogen and oxygen atoms in total. The molecular weight excluding hydrogens is 394 g/mol. The molecule has 26 heavy (non-hydrogen) atoms. The van der Waals surface area contributed by atoms with Crippen molar-refractivity contribution in [3.8, 4) is 12.1 Å². The molecule has 1 N–H and O–H groups in total. The Morgan fingerprint density at radius 2 is 1.73 bits per heavy atom. The lowest BCUT2D eigenvalue weighted by Gasteiger charge is -2.28. The van der Waals surface area contributed by atoms with Crippen molar-refractivity contribution in [1.29, 1.82) is 10.5 Å². The molecule has 0 aliphatic carbocycles. The van der Waals surface area contributed by atoms with Gasteiger partial charge in [-0.2, -0.15) is 10.5 Å². The molecule has 1 aliphatic rings. The van der Waals surface area contributed by atoms with Crippen LogP contribution in [0.5, 0.6) is 0 Å². The standard InChI is InChI=1S/C20H16BrN3O2/c21-16-8-6-14(7-9-16)18-17(10-26-13-25)24-19(20(18,11-22)12-23)15-4-2-1-3-5-15/h1-9,13,17-19,24H,10H2. The fourth-order valence-corrected chi connectivity index (χ4v) is 3.95. The summed E-state index contributed by atoms with van der Waals surface area (Å²) in [5.41, 5.74) is 0.375. The summed E-state index contributed by atoms with van der Waals surface area (Å²) in [6.45, 7) is 0.468. The summed E-state index contributed by atoms with van der Waals surface area (Å²) in [5, 5.41) is 23.4. The number of hydrogen-bond acceptors (Lipinski definition) is 5. The van der Waals surface area contributed by atoms with Gasteiger partial charge in [0.05, 0.1) is 24.2 Å². The first kappa shape index (κ1) is 18.1. The van der Waals surface area contributed by atoms with Gasteiger partial charge in [-0.05, 0) is 23.3 Å². The topological polar surface area (TPSA) is 85.9 Å². The van der Waals surface area contributed by atoms with E-state index in [4.69, 9.17) is 4.74 Å². The van der Waals surface area contributed by atoms with Crippen molar-refractivity contribution in [1.82, 2.24) is 5.32 Å². The van der Waals surface area contributed by atoms with Crippen LogP contribution in [0.25, 0.3) is 0 Å². The van der Waals surface area contributed by atoms with Crippen LogP contribution in [0, 0.1) is 28.1 Å². The van der Waals surface area contributed by atoms with Crippen molar-refractivity contribution in [2.24, 2.45) is 5.41 Å². The van der Waals surface area contributed by atoms with Crippen molar-refractivity contribution >= 4 is 22.4 Å². The van der Waals surface area contributed by atoms with Gasteiger partial charge in [-0.25, -0.2) is 0 Å². The number of nitrogens with one attached hydrogen (secondary N) is 1. The van der Waals surface area contributed by atoms with Gasteiger partial charge in [0, 0.05) is 10.4 Å². The van der Waals surface area contributed by atoms with Crippen LogP contribution in [0.1, 0.15) is 23.1 Å². The average Bonchev–Trinajstić information content (AvgIpc) is 3.02. The molecule has 3 atom stereocenters. The molecular formula is C20H16BrN3O2. The Morgan fingerprint density at radius 3 is 2.31 bits per heavy atom. The van der Waals surface area contributed by atoms with Gasteiger partial charge in [-0.3, -0.25) is 4.79 Å². The molecule has 0 amide bonds. The van der Waals surface area contributed by atoms with E-state index in [9.17, 15) is 15.3 Å². The van der Waals surface area contributed by atoms with Crippen molar-refractivity contribution in [2.45, 2.75) is 18.0 Å². The van der Waals surface area contributed by atoms with Gasteiger partial charge in [0.1, 0.15) is 6.61 Å². The molecule has 2 aromatic carbocycles. The summed E-state index contributed by atoms with van der Waals surface area (Å²) in [6.07, 6.45) is 0. The quantitative estimate of drug-likeness (QED) is 0.764. The minimum atomic E-state index is -1.33. The Morgan fingerprint density at radius 1 is 1.08 bits per heavy atom. The lowest BCUT2D eigenvalue weighted by Crippen LogP contribution is -2.32. The van der Waals surface area contributed by atoms with Crippen molar-refractivity contribution in [2.75, 3.05) is 6.61 Å². The maximum atomic E-state index is 10.7. The lowest BCUT2D eigenvalue weighted by molar-refractivity contribution is -0.129. The van der Waals surface area contributed by atoms with Crippen molar-refractivity contribution < 1.29 is 9.53 Å². The zero-order valence-electron chi connectivity index (χ0n) is 13.8. The highest BCUT2D eigenvalue weighted by molar-refractivity contribution is 9.10. The third-order valence-electron chi connectivity index (χ3n) is 4.80. The van der Waals surface area contributed by atoms with Gasteiger partial charge in [0.2, 0.25) is 0 Å². The third-order valence-corrected chi connectivity index (χ3v) is 5.33. The van der Waals surface area contributed by atoms with E-state index in [1.807, 2.05) is 54.6 Å². The normalized spacial score (nSPS) is 23.6. The van der Waals surface area contributed by atoms with E-state index in [1.165, 1.54) is 0 Å². The van der Waals surface area contributed by atoms with E-state index in [-0.39, 0.29) is 12.6 Å². The summed E-state index contributed by atoms with van der Waals surface area (Å²) in [6, 6.07) is 20.6. The van der Waals surface area contributed by atoms with Crippen LogP contribution in [0.3, 0.4) is 0 Å². The second-order valence-electron chi connectivity index (χ2n) is 6.17. The Labute approximate surface area is 160 Å². The minimum Gasteiger partial charge on any atom is -0.466 e. The second-order valence-corrected chi connectivity index (χ2v) is 7.08. The van der Waals surface area contributed by atoms with Gasteiger partial charge in [0.25, 0.3) is 6.47 Å². The van der Waals surface area contributed by atoms with E-state index in [0.717, 1.165) is 15.6 Å². The number of hydrogen-bond donors (Lipinski definition) is 1. The van der Waals surface area contributed by atoms with E-state index in [2.05, 4.69) is 33.4 Å². The van der Waals surface area contributed by atoms with Gasteiger partial charge in [-0.1, -0.05) is 58.4 Å². The number of carbonyl (C=O) groups excluding carboxylic acids is 1. The summed E-state index contributed by atoms with van der Waals surface area (Å²) < 4.78 is 5.90. The van der Waals surface area contributed by atoms with Crippen LogP contribution in [0.2, 0.25) is 0 Å². The fourth-order valence-electron chi connectivity index (χ4n) is 3.69. The van der Waals surface area contributed by atoms with Crippen LogP contribution < -0.4 is 5.32 Å². The molecule has 130 valence electrons. The molecule has 0 saturated carbocycles. The highest BCUT2D eigenvalue weighted by atomic mass is 79.9. The van der Waals surface area contributed by atoms with Crippen molar-refractivity contribution in [3.05, 3.63) is 70.2 Å². The van der Waals surface area contributed by atoms with Crippen LogP contribution >= 0.6 is 15.9 Å². The Hall–Kier alpha value is -2.67. The molecule has 2 aromatic rings. The SMILES string of the molecule is N#CC1(C#N)C(c2ccccc2)NC(COC=O)C1c1ccc(Br)cc1. The fraction of sp³-hybridized carbons (Fsp3) is 0.250. The van der Waals surface area contributed by atoms with Crippen LogP contribution in [0.15, 0.2) is 59.1 Å². The molecule has 0 bridgehead atoms.